The molecule has 3 heteroatoms. The first-order valence-electron chi connectivity index (χ1n) is 7.26. The Bertz CT molecular complexity index is 530. The summed E-state index contributed by atoms with van der Waals surface area (Å²) in [6.07, 6.45) is 3.26. The van der Waals surface area contributed by atoms with Crippen molar-refractivity contribution in [3.8, 4) is 5.75 Å². The number of ether oxygens (including phenoxy) is 1. The molecule has 0 N–H and O–H groups in total. The number of hydrogen-bond acceptors (Lipinski definition) is 1. The van der Waals surface area contributed by atoms with Gasteiger partial charge in [-0.05, 0) is 55.0 Å². The van der Waals surface area contributed by atoms with Crippen molar-refractivity contribution < 1.29 is 4.74 Å². The Labute approximate surface area is 140 Å². The summed E-state index contributed by atoms with van der Waals surface area (Å²) < 4.78 is 5.73. The average Bonchev–Trinajstić information content (AvgIpc) is 2.51. The van der Waals surface area contributed by atoms with Crippen LogP contribution in [0.1, 0.15) is 18.4 Å². The first kappa shape index (κ1) is 16.4. The van der Waals surface area contributed by atoms with E-state index in [2.05, 4.69) is 28.1 Å². The fourth-order valence-corrected chi connectivity index (χ4v) is 3.08. The van der Waals surface area contributed by atoms with Crippen LogP contribution in [0.5, 0.6) is 5.75 Å². The van der Waals surface area contributed by atoms with Crippen molar-refractivity contribution in [3.63, 3.8) is 0 Å². The van der Waals surface area contributed by atoms with Crippen LogP contribution in [0.2, 0.25) is 5.02 Å². The smallest absolute Gasteiger partial charge is 0.119 e. The second-order valence-electron chi connectivity index (χ2n) is 5.16. The molecule has 0 fully saturated rings. The molecule has 0 bridgehead atoms. The van der Waals surface area contributed by atoms with Gasteiger partial charge in [-0.3, -0.25) is 0 Å². The van der Waals surface area contributed by atoms with Crippen molar-refractivity contribution >= 4 is 27.5 Å². The number of hydrogen-bond donors (Lipinski definition) is 0. The Morgan fingerprint density at radius 3 is 2.57 bits per heavy atom. The molecule has 2 aromatic rings. The van der Waals surface area contributed by atoms with Gasteiger partial charge in [0.1, 0.15) is 5.75 Å². The quantitative estimate of drug-likeness (QED) is 0.426. The van der Waals surface area contributed by atoms with Crippen LogP contribution in [0, 0.1) is 5.92 Å². The first-order valence-corrected chi connectivity index (χ1v) is 8.76. The lowest BCUT2D eigenvalue weighted by atomic mass is 9.97. The molecular formula is C18H20BrClO. The van der Waals surface area contributed by atoms with Crippen molar-refractivity contribution in [2.75, 3.05) is 11.9 Å². The lowest BCUT2D eigenvalue weighted by molar-refractivity contribution is 0.295. The minimum Gasteiger partial charge on any atom is -0.494 e. The lowest BCUT2D eigenvalue weighted by Crippen LogP contribution is -2.09. The van der Waals surface area contributed by atoms with Gasteiger partial charge < -0.3 is 4.74 Å². The molecule has 0 heterocycles. The predicted octanol–water partition coefficient (Wildman–Crippen LogP) is 5.75. The highest BCUT2D eigenvalue weighted by molar-refractivity contribution is 9.09. The molecule has 0 aliphatic carbocycles. The van der Waals surface area contributed by atoms with Gasteiger partial charge in [-0.15, -0.1) is 0 Å². The molecule has 0 aliphatic heterocycles. The zero-order valence-corrected chi connectivity index (χ0v) is 14.3. The number of benzene rings is 2. The highest BCUT2D eigenvalue weighted by Crippen LogP contribution is 2.19. The SMILES string of the molecule is Clc1cccc(CC(CBr)CCCOc2ccccc2)c1. The molecule has 0 aliphatic rings. The van der Waals surface area contributed by atoms with Gasteiger partial charge >= 0.3 is 0 Å². The third-order valence-corrected chi connectivity index (χ3v) is 4.55. The van der Waals surface area contributed by atoms with E-state index in [9.17, 15) is 0 Å². The van der Waals surface area contributed by atoms with Crippen molar-refractivity contribution in [1.82, 2.24) is 0 Å². The molecule has 1 atom stereocenters. The number of alkyl halides is 1. The van der Waals surface area contributed by atoms with E-state index in [4.69, 9.17) is 16.3 Å². The standard InChI is InChI=1S/C18H20BrClO/c19-14-16(12-15-6-4-8-17(20)13-15)7-5-11-21-18-9-2-1-3-10-18/h1-4,6,8-10,13,16H,5,7,11-12,14H2. The highest BCUT2D eigenvalue weighted by Gasteiger charge is 2.09. The van der Waals surface area contributed by atoms with Crippen LogP contribution < -0.4 is 4.74 Å². The zero-order chi connectivity index (χ0) is 14.9. The van der Waals surface area contributed by atoms with Crippen LogP contribution in [-0.4, -0.2) is 11.9 Å². The fraction of sp³-hybridized carbons (Fsp3) is 0.333. The van der Waals surface area contributed by atoms with Gasteiger partial charge in [0.05, 0.1) is 6.61 Å². The number of halogens is 2. The summed E-state index contributed by atoms with van der Waals surface area (Å²) in [6, 6.07) is 18.1. The minimum atomic E-state index is 0.614. The molecule has 0 radical (unpaired) electrons. The van der Waals surface area contributed by atoms with Crippen LogP contribution in [0.15, 0.2) is 54.6 Å². The topological polar surface area (TPSA) is 9.23 Å². The third-order valence-electron chi connectivity index (χ3n) is 3.40. The van der Waals surface area contributed by atoms with E-state index in [0.717, 1.165) is 42.0 Å². The number of rotatable bonds is 8. The Kier molecular flexibility index (Phi) is 7.11. The van der Waals surface area contributed by atoms with Crippen molar-refractivity contribution in [3.05, 3.63) is 65.2 Å². The van der Waals surface area contributed by atoms with Gasteiger partial charge in [0.25, 0.3) is 0 Å². The second kappa shape index (κ2) is 9.11. The van der Waals surface area contributed by atoms with Crippen LogP contribution in [-0.2, 0) is 6.42 Å². The van der Waals surface area contributed by atoms with Crippen LogP contribution in [0.25, 0.3) is 0 Å². The van der Waals surface area contributed by atoms with Gasteiger partial charge in [0.15, 0.2) is 0 Å². The summed E-state index contributed by atoms with van der Waals surface area (Å²) in [4.78, 5) is 0. The Morgan fingerprint density at radius 1 is 1.05 bits per heavy atom. The van der Waals surface area contributed by atoms with Crippen molar-refractivity contribution in [1.29, 1.82) is 0 Å². The van der Waals surface area contributed by atoms with Crippen LogP contribution in [0.3, 0.4) is 0 Å². The molecule has 2 rings (SSSR count). The molecule has 0 amide bonds. The summed E-state index contributed by atoms with van der Waals surface area (Å²) in [6.45, 7) is 0.767. The van der Waals surface area contributed by atoms with E-state index in [1.165, 1.54) is 5.56 Å². The molecule has 0 saturated carbocycles. The molecule has 2 aromatic carbocycles. The molecule has 0 aromatic heterocycles. The normalized spacial score (nSPS) is 12.1. The summed E-state index contributed by atoms with van der Waals surface area (Å²) in [5.41, 5.74) is 1.30. The minimum absolute atomic E-state index is 0.614. The first-order chi connectivity index (χ1) is 10.3. The summed E-state index contributed by atoms with van der Waals surface area (Å²) in [5.74, 6) is 1.56. The molecule has 0 saturated heterocycles. The lowest BCUT2D eigenvalue weighted by Gasteiger charge is -2.14. The maximum absolute atomic E-state index is 6.03. The predicted molar refractivity (Wildman–Crippen MR) is 93.6 cm³/mol. The van der Waals surface area contributed by atoms with Gasteiger partial charge in [-0.2, -0.15) is 0 Å². The maximum atomic E-state index is 6.03. The Morgan fingerprint density at radius 2 is 1.86 bits per heavy atom. The van der Waals surface area contributed by atoms with Gasteiger partial charge in [-0.25, -0.2) is 0 Å². The van der Waals surface area contributed by atoms with E-state index >= 15 is 0 Å². The van der Waals surface area contributed by atoms with Gasteiger partial charge in [0, 0.05) is 10.4 Å². The molecule has 0 spiro atoms. The molecule has 21 heavy (non-hydrogen) atoms. The van der Waals surface area contributed by atoms with Gasteiger partial charge in [-0.1, -0.05) is 57.9 Å². The van der Waals surface area contributed by atoms with Crippen molar-refractivity contribution in [2.45, 2.75) is 19.3 Å². The third kappa shape index (κ3) is 6.11. The molecular weight excluding hydrogens is 348 g/mol. The van der Waals surface area contributed by atoms with Crippen molar-refractivity contribution in [2.24, 2.45) is 5.92 Å². The van der Waals surface area contributed by atoms with E-state index in [-0.39, 0.29) is 0 Å². The second-order valence-corrected chi connectivity index (χ2v) is 6.24. The largest absolute Gasteiger partial charge is 0.494 e. The van der Waals surface area contributed by atoms with Crippen LogP contribution in [0.4, 0.5) is 0 Å². The van der Waals surface area contributed by atoms with E-state index in [0.29, 0.717) is 5.92 Å². The molecule has 112 valence electrons. The zero-order valence-electron chi connectivity index (χ0n) is 12.0. The average molecular weight is 368 g/mol. The summed E-state index contributed by atoms with van der Waals surface area (Å²) >= 11 is 9.65. The van der Waals surface area contributed by atoms with Gasteiger partial charge in [0.2, 0.25) is 0 Å². The Balaban J connectivity index is 1.72. The highest BCUT2D eigenvalue weighted by atomic mass is 79.9. The number of para-hydroxylation sites is 1. The Hall–Kier alpha value is -0.990. The van der Waals surface area contributed by atoms with E-state index in [1.54, 1.807) is 0 Å². The van der Waals surface area contributed by atoms with Crippen LogP contribution >= 0.6 is 27.5 Å². The van der Waals surface area contributed by atoms with E-state index < -0.39 is 0 Å². The summed E-state index contributed by atoms with van der Waals surface area (Å²) in [7, 11) is 0. The molecule has 1 unspecified atom stereocenters. The summed E-state index contributed by atoms with van der Waals surface area (Å²) in [5, 5.41) is 1.82. The van der Waals surface area contributed by atoms with E-state index in [1.807, 2.05) is 42.5 Å². The molecule has 1 nitrogen and oxygen atoms in total. The maximum Gasteiger partial charge on any atom is 0.119 e. The fourth-order valence-electron chi connectivity index (χ4n) is 2.31. The monoisotopic (exact) mass is 366 g/mol.